The van der Waals surface area contributed by atoms with Gasteiger partial charge in [-0.2, -0.15) is 0 Å². The third-order valence-corrected chi connectivity index (χ3v) is 4.58. The van der Waals surface area contributed by atoms with Gasteiger partial charge < -0.3 is 4.74 Å². The largest absolute Gasteiger partial charge is 0.497 e. The van der Waals surface area contributed by atoms with E-state index in [4.69, 9.17) is 4.74 Å². The van der Waals surface area contributed by atoms with Gasteiger partial charge in [-0.3, -0.25) is 15.4 Å². The SMILES string of the molecule is COc1ccc(C(NC(C)c2ccccc2)c2cccc([N+](=O)[O-])c2)cc1. The first kappa shape index (κ1) is 18.6. The molecule has 2 atom stereocenters. The topological polar surface area (TPSA) is 64.4 Å². The maximum Gasteiger partial charge on any atom is 0.269 e. The Kier molecular flexibility index (Phi) is 5.84. The zero-order chi connectivity index (χ0) is 19.2. The summed E-state index contributed by atoms with van der Waals surface area (Å²) in [4.78, 5) is 10.8. The number of nitro groups is 1. The van der Waals surface area contributed by atoms with Crippen LogP contribution in [0.25, 0.3) is 0 Å². The average molecular weight is 362 g/mol. The number of non-ortho nitro benzene ring substituents is 1. The van der Waals surface area contributed by atoms with Crippen LogP contribution in [0.3, 0.4) is 0 Å². The van der Waals surface area contributed by atoms with Crippen LogP contribution in [0.2, 0.25) is 0 Å². The lowest BCUT2D eigenvalue weighted by Gasteiger charge is -2.25. The Bertz CT molecular complexity index is 895. The molecule has 138 valence electrons. The lowest BCUT2D eigenvalue weighted by molar-refractivity contribution is -0.384. The van der Waals surface area contributed by atoms with Crippen LogP contribution < -0.4 is 10.1 Å². The molecule has 1 N–H and O–H groups in total. The molecule has 3 rings (SSSR count). The van der Waals surface area contributed by atoms with E-state index in [0.717, 1.165) is 22.4 Å². The summed E-state index contributed by atoms with van der Waals surface area (Å²) >= 11 is 0. The predicted octanol–water partition coefficient (Wildman–Crippen LogP) is 5.04. The van der Waals surface area contributed by atoms with Crippen LogP contribution in [0, 0.1) is 10.1 Å². The van der Waals surface area contributed by atoms with Crippen molar-refractivity contribution in [2.24, 2.45) is 0 Å². The Hall–Kier alpha value is -3.18. The van der Waals surface area contributed by atoms with Gasteiger partial charge in [-0.15, -0.1) is 0 Å². The van der Waals surface area contributed by atoms with Crippen LogP contribution in [-0.4, -0.2) is 12.0 Å². The first-order valence-corrected chi connectivity index (χ1v) is 8.78. The normalized spacial score (nSPS) is 13.0. The maximum absolute atomic E-state index is 11.2. The second-order valence-corrected chi connectivity index (χ2v) is 6.36. The van der Waals surface area contributed by atoms with Crippen molar-refractivity contribution in [2.75, 3.05) is 7.11 Å². The summed E-state index contributed by atoms with van der Waals surface area (Å²) < 4.78 is 5.25. The maximum atomic E-state index is 11.2. The van der Waals surface area contributed by atoms with Gasteiger partial charge in [-0.05, 0) is 35.7 Å². The number of benzene rings is 3. The summed E-state index contributed by atoms with van der Waals surface area (Å²) in [6, 6.07) is 24.5. The molecular formula is C22H22N2O3. The van der Waals surface area contributed by atoms with E-state index in [1.54, 1.807) is 19.2 Å². The van der Waals surface area contributed by atoms with Crippen molar-refractivity contribution in [3.63, 3.8) is 0 Å². The van der Waals surface area contributed by atoms with E-state index in [2.05, 4.69) is 24.4 Å². The molecule has 0 saturated carbocycles. The third-order valence-electron chi connectivity index (χ3n) is 4.58. The standard InChI is InChI=1S/C22H22N2O3/c1-16(17-7-4-3-5-8-17)23-22(18-11-13-21(27-2)14-12-18)19-9-6-10-20(15-19)24(25)26/h3-16,22-23H,1-2H3. The first-order chi connectivity index (χ1) is 13.1. The second-order valence-electron chi connectivity index (χ2n) is 6.36. The number of nitro benzene ring substituents is 1. The quantitative estimate of drug-likeness (QED) is 0.472. The minimum Gasteiger partial charge on any atom is -0.497 e. The molecule has 0 fully saturated rings. The van der Waals surface area contributed by atoms with Crippen molar-refractivity contribution in [1.82, 2.24) is 5.32 Å². The van der Waals surface area contributed by atoms with Crippen molar-refractivity contribution >= 4 is 5.69 Å². The molecule has 0 aliphatic carbocycles. The van der Waals surface area contributed by atoms with E-state index >= 15 is 0 Å². The molecule has 5 nitrogen and oxygen atoms in total. The molecule has 0 bridgehead atoms. The molecule has 3 aromatic rings. The van der Waals surface area contributed by atoms with Crippen molar-refractivity contribution in [3.05, 3.63) is 106 Å². The van der Waals surface area contributed by atoms with E-state index in [1.165, 1.54) is 6.07 Å². The van der Waals surface area contributed by atoms with Gasteiger partial charge in [-0.25, -0.2) is 0 Å². The highest BCUT2D eigenvalue weighted by molar-refractivity contribution is 5.41. The van der Waals surface area contributed by atoms with Crippen LogP contribution in [0.15, 0.2) is 78.9 Å². The van der Waals surface area contributed by atoms with Crippen molar-refractivity contribution in [3.8, 4) is 5.75 Å². The second kappa shape index (κ2) is 8.47. The number of nitrogens with zero attached hydrogens (tertiary/aromatic N) is 1. The summed E-state index contributed by atoms with van der Waals surface area (Å²) in [5, 5.41) is 14.8. The molecule has 5 heteroatoms. The highest BCUT2D eigenvalue weighted by Gasteiger charge is 2.19. The Balaban J connectivity index is 1.97. The van der Waals surface area contributed by atoms with Gasteiger partial charge in [0.1, 0.15) is 5.75 Å². The number of methoxy groups -OCH3 is 1. The Morgan fingerprint density at radius 2 is 1.56 bits per heavy atom. The Morgan fingerprint density at radius 1 is 0.889 bits per heavy atom. The molecule has 2 unspecified atom stereocenters. The molecular weight excluding hydrogens is 340 g/mol. The smallest absolute Gasteiger partial charge is 0.269 e. The van der Waals surface area contributed by atoms with Crippen LogP contribution in [0.1, 0.15) is 35.7 Å². The summed E-state index contributed by atoms with van der Waals surface area (Å²) in [6.45, 7) is 2.09. The van der Waals surface area contributed by atoms with E-state index in [9.17, 15) is 10.1 Å². The summed E-state index contributed by atoms with van der Waals surface area (Å²) in [5.41, 5.74) is 3.10. The molecule has 0 spiro atoms. The monoisotopic (exact) mass is 362 g/mol. The molecule has 0 radical (unpaired) electrons. The third kappa shape index (κ3) is 4.51. The van der Waals surface area contributed by atoms with Crippen molar-refractivity contribution in [1.29, 1.82) is 0 Å². The van der Waals surface area contributed by atoms with Gasteiger partial charge in [0.15, 0.2) is 0 Å². The summed E-state index contributed by atoms with van der Waals surface area (Å²) in [5.74, 6) is 0.771. The van der Waals surface area contributed by atoms with E-state index < -0.39 is 0 Å². The van der Waals surface area contributed by atoms with Crippen LogP contribution >= 0.6 is 0 Å². The van der Waals surface area contributed by atoms with Gasteiger partial charge in [0.2, 0.25) is 0 Å². The first-order valence-electron chi connectivity index (χ1n) is 8.78. The van der Waals surface area contributed by atoms with Crippen LogP contribution in [-0.2, 0) is 0 Å². The van der Waals surface area contributed by atoms with Gasteiger partial charge in [0.05, 0.1) is 18.1 Å². The zero-order valence-corrected chi connectivity index (χ0v) is 15.3. The molecule has 3 aromatic carbocycles. The summed E-state index contributed by atoms with van der Waals surface area (Å²) in [7, 11) is 1.63. The highest BCUT2D eigenvalue weighted by atomic mass is 16.6. The fourth-order valence-electron chi connectivity index (χ4n) is 3.09. The number of hydrogen-bond donors (Lipinski definition) is 1. The average Bonchev–Trinajstić information content (AvgIpc) is 2.72. The number of ether oxygens (including phenoxy) is 1. The van der Waals surface area contributed by atoms with E-state index in [0.29, 0.717) is 0 Å². The van der Waals surface area contributed by atoms with Gasteiger partial charge in [0, 0.05) is 18.2 Å². The van der Waals surface area contributed by atoms with E-state index in [1.807, 2.05) is 48.5 Å². The lowest BCUT2D eigenvalue weighted by atomic mass is 9.96. The lowest BCUT2D eigenvalue weighted by Crippen LogP contribution is -2.25. The number of rotatable bonds is 7. The zero-order valence-electron chi connectivity index (χ0n) is 15.3. The molecule has 0 aliphatic rings. The minimum atomic E-state index is -0.366. The fraction of sp³-hybridized carbons (Fsp3) is 0.182. The molecule has 27 heavy (non-hydrogen) atoms. The molecule has 0 saturated heterocycles. The van der Waals surface area contributed by atoms with E-state index in [-0.39, 0.29) is 22.7 Å². The molecule has 0 amide bonds. The van der Waals surface area contributed by atoms with Gasteiger partial charge in [-0.1, -0.05) is 54.6 Å². The Morgan fingerprint density at radius 3 is 2.19 bits per heavy atom. The highest BCUT2D eigenvalue weighted by Crippen LogP contribution is 2.29. The molecule has 0 aliphatic heterocycles. The van der Waals surface area contributed by atoms with Crippen molar-refractivity contribution < 1.29 is 9.66 Å². The van der Waals surface area contributed by atoms with Gasteiger partial charge in [0.25, 0.3) is 5.69 Å². The van der Waals surface area contributed by atoms with Crippen molar-refractivity contribution in [2.45, 2.75) is 19.0 Å². The Labute approximate surface area is 158 Å². The fourth-order valence-corrected chi connectivity index (χ4v) is 3.09. The molecule has 0 aromatic heterocycles. The minimum absolute atomic E-state index is 0.0672. The van der Waals surface area contributed by atoms with Crippen LogP contribution in [0.4, 0.5) is 5.69 Å². The summed E-state index contributed by atoms with van der Waals surface area (Å²) in [6.07, 6.45) is 0. The number of nitrogens with one attached hydrogen (secondary N) is 1. The number of hydrogen-bond acceptors (Lipinski definition) is 4. The molecule has 0 heterocycles. The predicted molar refractivity (Wildman–Crippen MR) is 106 cm³/mol. The van der Waals surface area contributed by atoms with Crippen LogP contribution in [0.5, 0.6) is 5.75 Å². The van der Waals surface area contributed by atoms with Gasteiger partial charge >= 0.3 is 0 Å².